The van der Waals surface area contributed by atoms with Crippen molar-refractivity contribution in [2.45, 2.75) is 31.5 Å². The van der Waals surface area contributed by atoms with Crippen molar-refractivity contribution in [3.05, 3.63) is 29.8 Å². The zero-order valence-corrected chi connectivity index (χ0v) is 16.3. The molecule has 0 aromatic heterocycles. The summed E-state index contributed by atoms with van der Waals surface area (Å²) in [6.45, 7) is -0.0410. The van der Waals surface area contributed by atoms with Crippen molar-refractivity contribution in [2.24, 2.45) is 0 Å². The zero-order valence-electron chi connectivity index (χ0n) is 15.4. The van der Waals surface area contributed by atoms with E-state index in [-0.39, 0.29) is 31.5 Å². The quantitative estimate of drug-likeness (QED) is 0.504. The van der Waals surface area contributed by atoms with Crippen molar-refractivity contribution in [3.63, 3.8) is 0 Å². The first-order valence-corrected chi connectivity index (χ1v) is 10.0. The molecule has 1 aliphatic rings. The van der Waals surface area contributed by atoms with Crippen LogP contribution in [0.4, 0.5) is 4.79 Å². The van der Waals surface area contributed by atoms with Crippen LogP contribution in [-0.4, -0.2) is 65.7 Å². The molecule has 1 aromatic carbocycles. The Balaban J connectivity index is 1.91. The number of urea groups is 1. The lowest BCUT2D eigenvalue weighted by molar-refractivity contribution is -0.131. The van der Waals surface area contributed by atoms with Crippen LogP contribution in [0.3, 0.4) is 0 Å². The molecule has 4 amide bonds. The Morgan fingerprint density at radius 3 is 2.67 bits per heavy atom. The van der Waals surface area contributed by atoms with Gasteiger partial charge in [-0.2, -0.15) is 11.8 Å². The molecule has 1 aromatic rings. The van der Waals surface area contributed by atoms with Gasteiger partial charge in [0, 0.05) is 0 Å². The summed E-state index contributed by atoms with van der Waals surface area (Å²) in [6.07, 6.45) is 2.43. The molecule has 0 aliphatic carbocycles. The van der Waals surface area contributed by atoms with Gasteiger partial charge in [-0.25, -0.2) is 4.79 Å². The number of thioether (sulfide) groups is 1. The fraction of sp³-hybridized carbons (Fsp3) is 0.500. The summed E-state index contributed by atoms with van der Waals surface area (Å²) in [6, 6.07) is 5.29. The lowest BCUT2D eigenvalue weighted by Gasteiger charge is -2.17. The van der Waals surface area contributed by atoms with Crippen LogP contribution in [0.25, 0.3) is 0 Å². The van der Waals surface area contributed by atoms with Crippen LogP contribution in [-0.2, 0) is 16.1 Å². The maximum atomic E-state index is 12.5. The number of benzene rings is 1. The standard InChI is InChI=1S/C18H25N3O5S/c1-26-14-5-3-12(4-6-14)10-21-17(24)15(20-18(21)25)9-16(23)19-13(11-22)7-8-27-2/h3-6,13,15,22H,7-11H2,1-2H3,(H,19,23)(H,20,25)/t13-,15-/m1/s1. The van der Waals surface area contributed by atoms with E-state index in [2.05, 4.69) is 10.6 Å². The molecule has 9 heteroatoms. The van der Waals surface area contributed by atoms with Crippen molar-refractivity contribution in [3.8, 4) is 5.75 Å². The Kier molecular flexibility index (Phi) is 7.93. The van der Waals surface area contributed by atoms with E-state index in [1.54, 1.807) is 43.1 Å². The van der Waals surface area contributed by atoms with E-state index >= 15 is 0 Å². The molecular formula is C18H25N3O5S. The number of hydrogen-bond acceptors (Lipinski definition) is 6. The molecule has 2 rings (SSSR count). The molecule has 1 saturated heterocycles. The summed E-state index contributed by atoms with van der Waals surface area (Å²) in [4.78, 5) is 37.9. The number of amides is 4. The molecular weight excluding hydrogens is 370 g/mol. The van der Waals surface area contributed by atoms with Crippen molar-refractivity contribution >= 4 is 29.6 Å². The van der Waals surface area contributed by atoms with Crippen LogP contribution in [0.1, 0.15) is 18.4 Å². The van der Waals surface area contributed by atoms with Crippen molar-refractivity contribution < 1.29 is 24.2 Å². The number of imide groups is 1. The maximum Gasteiger partial charge on any atom is 0.325 e. The van der Waals surface area contributed by atoms with Gasteiger partial charge < -0.3 is 20.5 Å². The molecule has 1 fully saturated rings. The number of carbonyl (C=O) groups is 3. The molecule has 0 unspecified atom stereocenters. The highest BCUT2D eigenvalue weighted by atomic mass is 32.2. The molecule has 3 N–H and O–H groups in total. The Morgan fingerprint density at radius 1 is 1.37 bits per heavy atom. The molecule has 0 bridgehead atoms. The van der Waals surface area contributed by atoms with Crippen molar-refractivity contribution in [1.29, 1.82) is 0 Å². The number of hydrogen-bond donors (Lipinski definition) is 3. The third-order valence-corrected chi connectivity index (χ3v) is 4.90. The van der Waals surface area contributed by atoms with Crippen LogP contribution in [0.2, 0.25) is 0 Å². The molecule has 148 valence electrons. The van der Waals surface area contributed by atoms with Crippen LogP contribution < -0.4 is 15.4 Å². The number of rotatable bonds is 10. The smallest absolute Gasteiger partial charge is 0.325 e. The predicted molar refractivity (Wildman–Crippen MR) is 102 cm³/mol. The number of aliphatic hydroxyl groups is 1. The molecule has 0 radical (unpaired) electrons. The van der Waals surface area contributed by atoms with Gasteiger partial charge in [-0.05, 0) is 36.1 Å². The van der Waals surface area contributed by atoms with Gasteiger partial charge >= 0.3 is 6.03 Å². The zero-order chi connectivity index (χ0) is 19.8. The number of methoxy groups -OCH3 is 1. The van der Waals surface area contributed by atoms with Gasteiger partial charge in [-0.15, -0.1) is 0 Å². The first kappa shape index (κ1) is 21.0. The fourth-order valence-corrected chi connectivity index (χ4v) is 3.24. The van der Waals surface area contributed by atoms with E-state index in [0.717, 1.165) is 16.2 Å². The third-order valence-electron chi connectivity index (χ3n) is 4.25. The third kappa shape index (κ3) is 5.86. The normalized spacial score (nSPS) is 17.6. The van der Waals surface area contributed by atoms with Crippen molar-refractivity contribution in [1.82, 2.24) is 15.5 Å². The number of carbonyl (C=O) groups excluding carboxylic acids is 3. The first-order chi connectivity index (χ1) is 13.0. The summed E-state index contributed by atoms with van der Waals surface area (Å²) >= 11 is 1.62. The molecule has 0 saturated carbocycles. The number of nitrogens with one attached hydrogen (secondary N) is 2. The number of aliphatic hydroxyl groups excluding tert-OH is 1. The van der Waals surface area contributed by atoms with Crippen LogP contribution in [0, 0.1) is 0 Å². The highest BCUT2D eigenvalue weighted by molar-refractivity contribution is 7.98. The summed E-state index contributed by atoms with van der Waals surface area (Å²) in [5.74, 6) is 0.682. The van der Waals surface area contributed by atoms with Crippen molar-refractivity contribution in [2.75, 3.05) is 25.7 Å². The van der Waals surface area contributed by atoms with Crippen LogP contribution in [0.15, 0.2) is 24.3 Å². The fourth-order valence-electron chi connectivity index (χ4n) is 2.72. The van der Waals surface area contributed by atoms with E-state index in [9.17, 15) is 19.5 Å². The van der Waals surface area contributed by atoms with E-state index < -0.39 is 18.0 Å². The highest BCUT2D eigenvalue weighted by Crippen LogP contribution is 2.17. The van der Waals surface area contributed by atoms with Gasteiger partial charge in [-0.3, -0.25) is 14.5 Å². The predicted octanol–water partition coefficient (Wildman–Crippen LogP) is 0.736. The highest BCUT2D eigenvalue weighted by Gasteiger charge is 2.39. The largest absolute Gasteiger partial charge is 0.497 e. The van der Waals surface area contributed by atoms with E-state index in [4.69, 9.17) is 4.74 Å². The molecule has 2 atom stereocenters. The lowest BCUT2D eigenvalue weighted by Crippen LogP contribution is -2.42. The molecule has 8 nitrogen and oxygen atoms in total. The number of ether oxygens (including phenoxy) is 1. The van der Waals surface area contributed by atoms with Crippen LogP contribution in [0.5, 0.6) is 5.75 Å². The molecule has 1 heterocycles. The topological polar surface area (TPSA) is 108 Å². The Morgan fingerprint density at radius 2 is 2.07 bits per heavy atom. The van der Waals surface area contributed by atoms with Gasteiger partial charge in [0.15, 0.2) is 0 Å². The van der Waals surface area contributed by atoms with Gasteiger partial charge in [0.05, 0.1) is 32.7 Å². The lowest BCUT2D eigenvalue weighted by atomic mass is 10.1. The SMILES string of the molecule is COc1ccc(CN2C(=O)N[C@H](CC(=O)N[C@@H](CO)CCSC)C2=O)cc1. The van der Waals surface area contributed by atoms with E-state index in [1.165, 1.54) is 0 Å². The summed E-state index contributed by atoms with van der Waals surface area (Å²) in [7, 11) is 1.56. The van der Waals surface area contributed by atoms with E-state index in [1.807, 2.05) is 6.26 Å². The molecule has 0 spiro atoms. The minimum Gasteiger partial charge on any atom is -0.497 e. The second-order valence-electron chi connectivity index (χ2n) is 6.21. The van der Waals surface area contributed by atoms with Gasteiger partial charge in [0.25, 0.3) is 5.91 Å². The average Bonchev–Trinajstić information content (AvgIpc) is 2.93. The summed E-state index contributed by atoms with van der Waals surface area (Å²) in [5, 5.41) is 14.6. The molecule has 27 heavy (non-hydrogen) atoms. The van der Waals surface area contributed by atoms with Gasteiger partial charge in [-0.1, -0.05) is 12.1 Å². The minimum atomic E-state index is -0.893. The molecule has 1 aliphatic heterocycles. The van der Waals surface area contributed by atoms with Crippen LogP contribution >= 0.6 is 11.8 Å². The summed E-state index contributed by atoms with van der Waals surface area (Å²) < 4.78 is 5.08. The van der Waals surface area contributed by atoms with Gasteiger partial charge in [0.2, 0.25) is 5.91 Å². The monoisotopic (exact) mass is 395 g/mol. The Hall–Kier alpha value is -2.26. The minimum absolute atomic E-state index is 0.125. The first-order valence-electron chi connectivity index (χ1n) is 8.62. The maximum absolute atomic E-state index is 12.5. The van der Waals surface area contributed by atoms with E-state index in [0.29, 0.717) is 12.2 Å². The van der Waals surface area contributed by atoms with Gasteiger partial charge in [0.1, 0.15) is 11.8 Å². The second-order valence-corrected chi connectivity index (χ2v) is 7.19. The Bertz CT molecular complexity index is 667. The Labute approximate surface area is 162 Å². The summed E-state index contributed by atoms with van der Waals surface area (Å²) in [5.41, 5.74) is 0.779. The number of nitrogens with zero attached hydrogens (tertiary/aromatic N) is 1. The average molecular weight is 395 g/mol. The second kappa shape index (κ2) is 10.2.